The third-order valence-electron chi connectivity index (χ3n) is 3.23. The molecule has 0 aliphatic carbocycles. The molecule has 3 aromatic rings. The van der Waals surface area contributed by atoms with Crippen molar-refractivity contribution in [2.75, 3.05) is 5.32 Å². The monoisotopic (exact) mass is 391 g/mol. The minimum absolute atomic E-state index is 0.251. The molecule has 0 aliphatic heterocycles. The molecule has 1 heterocycles. The van der Waals surface area contributed by atoms with Gasteiger partial charge in [0.15, 0.2) is 0 Å². The fourth-order valence-corrected chi connectivity index (χ4v) is 2.43. The Kier molecular flexibility index (Phi) is 4.14. The largest absolute Gasteiger partial charge is 0.379 e. The number of halogens is 1. The van der Waals surface area contributed by atoms with E-state index < -0.39 is 0 Å². The van der Waals surface area contributed by atoms with Crippen molar-refractivity contribution in [2.24, 2.45) is 0 Å². The fraction of sp³-hybridized carbons (Fsp3) is 0.133. The molecule has 6 heteroatoms. The summed E-state index contributed by atoms with van der Waals surface area (Å²) in [6.45, 7) is 2.15. The van der Waals surface area contributed by atoms with Crippen LogP contribution < -0.4 is 5.32 Å². The number of rotatable bonds is 4. The van der Waals surface area contributed by atoms with Crippen LogP contribution in [-0.2, 0) is 0 Å². The Morgan fingerprint density at radius 2 is 1.76 bits per heavy atom. The molecule has 21 heavy (non-hydrogen) atoms. The number of nitrogens with one attached hydrogen (secondary N) is 1. The molecule has 0 saturated carbocycles. The van der Waals surface area contributed by atoms with E-state index in [1.807, 2.05) is 24.3 Å². The van der Waals surface area contributed by atoms with Gasteiger partial charge in [0.05, 0.1) is 5.69 Å². The average Bonchev–Trinajstić information content (AvgIpc) is 3.03. The van der Waals surface area contributed by atoms with Crippen molar-refractivity contribution in [1.29, 1.82) is 0 Å². The van der Waals surface area contributed by atoms with Crippen LogP contribution in [0.1, 0.15) is 18.5 Å². The number of hydrogen-bond donors (Lipinski definition) is 1. The van der Waals surface area contributed by atoms with Gasteiger partial charge in [-0.05, 0) is 81.9 Å². The zero-order valence-corrected chi connectivity index (χ0v) is 13.6. The van der Waals surface area contributed by atoms with E-state index in [0.717, 1.165) is 11.4 Å². The van der Waals surface area contributed by atoms with Crippen LogP contribution in [0.5, 0.6) is 0 Å². The molecule has 0 saturated heterocycles. The Hall–Kier alpha value is -1.96. The maximum atomic E-state index is 3.87. The van der Waals surface area contributed by atoms with Crippen LogP contribution in [0, 0.1) is 3.57 Å². The van der Waals surface area contributed by atoms with Crippen LogP contribution in [0.25, 0.3) is 5.69 Å². The lowest BCUT2D eigenvalue weighted by molar-refractivity contribution is 0.789. The predicted molar refractivity (Wildman–Crippen MR) is 90.4 cm³/mol. The lowest BCUT2D eigenvalue weighted by atomic mass is 10.1. The van der Waals surface area contributed by atoms with Gasteiger partial charge in [-0.15, -0.1) is 5.10 Å². The summed E-state index contributed by atoms with van der Waals surface area (Å²) in [5, 5.41) is 14.6. The van der Waals surface area contributed by atoms with Crippen LogP contribution in [0.2, 0.25) is 0 Å². The second-order valence-electron chi connectivity index (χ2n) is 4.72. The van der Waals surface area contributed by atoms with Gasteiger partial charge in [0.2, 0.25) is 0 Å². The number of aromatic nitrogens is 4. The molecule has 0 amide bonds. The Balaban J connectivity index is 1.71. The predicted octanol–water partition coefficient (Wildman–Crippen LogP) is 3.44. The third kappa shape index (κ3) is 3.38. The van der Waals surface area contributed by atoms with E-state index in [1.165, 1.54) is 9.13 Å². The number of tetrazole rings is 1. The molecule has 0 bridgehead atoms. The summed E-state index contributed by atoms with van der Waals surface area (Å²) in [5.74, 6) is 0. The van der Waals surface area contributed by atoms with Crippen molar-refractivity contribution >= 4 is 28.3 Å². The van der Waals surface area contributed by atoms with Gasteiger partial charge in [-0.1, -0.05) is 12.1 Å². The highest BCUT2D eigenvalue weighted by atomic mass is 127. The molecule has 0 fully saturated rings. The lowest BCUT2D eigenvalue weighted by Crippen LogP contribution is -2.06. The van der Waals surface area contributed by atoms with E-state index >= 15 is 0 Å². The first-order valence-corrected chi connectivity index (χ1v) is 7.66. The zero-order chi connectivity index (χ0) is 14.7. The zero-order valence-electron chi connectivity index (χ0n) is 11.4. The fourth-order valence-electron chi connectivity index (χ4n) is 2.07. The van der Waals surface area contributed by atoms with Gasteiger partial charge in [-0.3, -0.25) is 0 Å². The highest BCUT2D eigenvalue weighted by Gasteiger charge is 2.05. The first kappa shape index (κ1) is 14.0. The third-order valence-corrected chi connectivity index (χ3v) is 3.95. The molecule has 5 nitrogen and oxygen atoms in total. The van der Waals surface area contributed by atoms with E-state index in [4.69, 9.17) is 0 Å². The first-order chi connectivity index (χ1) is 10.2. The first-order valence-electron chi connectivity index (χ1n) is 6.58. The Morgan fingerprint density at radius 1 is 1.05 bits per heavy atom. The summed E-state index contributed by atoms with van der Waals surface area (Å²) in [7, 11) is 0. The van der Waals surface area contributed by atoms with Crippen LogP contribution >= 0.6 is 22.6 Å². The summed E-state index contributed by atoms with van der Waals surface area (Å²) in [5.41, 5.74) is 3.27. The normalized spacial score (nSPS) is 12.1. The molecule has 1 atom stereocenters. The number of benzene rings is 2. The van der Waals surface area contributed by atoms with E-state index in [1.54, 1.807) is 11.0 Å². The SMILES string of the molecule is CC(Nc1ccc(-n2cnnn2)cc1)c1ccc(I)cc1. The van der Waals surface area contributed by atoms with Gasteiger partial charge in [-0.2, -0.15) is 0 Å². The summed E-state index contributed by atoms with van der Waals surface area (Å²) in [4.78, 5) is 0. The maximum Gasteiger partial charge on any atom is 0.143 e. The molecule has 1 aromatic heterocycles. The van der Waals surface area contributed by atoms with Crippen molar-refractivity contribution in [3.8, 4) is 5.69 Å². The van der Waals surface area contributed by atoms with Gasteiger partial charge < -0.3 is 5.32 Å². The Morgan fingerprint density at radius 3 is 2.38 bits per heavy atom. The van der Waals surface area contributed by atoms with Gasteiger partial charge in [0, 0.05) is 15.3 Å². The second kappa shape index (κ2) is 6.21. The second-order valence-corrected chi connectivity index (χ2v) is 5.96. The van der Waals surface area contributed by atoms with Crippen LogP contribution in [-0.4, -0.2) is 20.2 Å². The molecule has 0 aliphatic rings. The molecule has 1 N–H and O–H groups in total. The van der Waals surface area contributed by atoms with E-state index in [-0.39, 0.29) is 6.04 Å². The van der Waals surface area contributed by atoms with Gasteiger partial charge >= 0.3 is 0 Å². The van der Waals surface area contributed by atoms with Crippen molar-refractivity contribution in [3.63, 3.8) is 0 Å². The molecule has 0 spiro atoms. The summed E-state index contributed by atoms with van der Waals surface area (Å²) in [6.07, 6.45) is 1.58. The molecular weight excluding hydrogens is 377 g/mol. The number of nitrogens with zero attached hydrogens (tertiary/aromatic N) is 4. The van der Waals surface area contributed by atoms with Crippen LogP contribution in [0.3, 0.4) is 0 Å². The summed E-state index contributed by atoms with van der Waals surface area (Å²) < 4.78 is 2.88. The quantitative estimate of drug-likeness (QED) is 0.693. The molecule has 0 radical (unpaired) electrons. The standard InChI is InChI=1S/C15H14IN5/c1-11(12-2-4-13(16)5-3-12)18-14-6-8-15(9-7-14)21-10-17-19-20-21/h2-11,18H,1H3. The Bertz CT molecular complexity index is 692. The molecular formula is C15H14IN5. The minimum atomic E-state index is 0.251. The highest BCUT2D eigenvalue weighted by molar-refractivity contribution is 14.1. The van der Waals surface area contributed by atoms with Crippen LogP contribution in [0.15, 0.2) is 54.9 Å². The van der Waals surface area contributed by atoms with Gasteiger partial charge in [0.1, 0.15) is 6.33 Å². The summed E-state index contributed by atoms with van der Waals surface area (Å²) in [6, 6.07) is 16.8. The highest BCUT2D eigenvalue weighted by Crippen LogP contribution is 2.21. The van der Waals surface area contributed by atoms with Crippen molar-refractivity contribution in [1.82, 2.24) is 20.2 Å². The number of anilines is 1. The van der Waals surface area contributed by atoms with Crippen LogP contribution in [0.4, 0.5) is 5.69 Å². The minimum Gasteiger partial charge on any atom is -0.379 e. The Labute approximate surface area is 136 Å². The van der Waals surface area contributed by atoms with E-state index in [0.29, 0.717) is 0 Å². The number of hydrogen-bond acceptors (Lipinski definition) is 4. The molecule has 2 aromatic carbocycles. The topological polar surface area (TPSA) is 55.6 Å². The van der Waals surface area contributed by atoms with Crippen molar-refractivity contribution < 1.29 is 0 Å². The van der Waals surface area contributed by atoms with Gasteiger partial charge in [0.25, 0.3) is 0 Å². The molecule has 106 valence electrons. The van der Waals surface area contributed by atoms with Crippen molar-refractivity contribution in [3.05, 3.63) is 64.0 Å². The van der Waals surface area contributed by atoms with Gasteiger partial charge in [-0.25, -0.2) is 4.68 Å². The lowest BCUT2D eigenvalue weighted by Gasteiger charge is -2.16. The molecule has 1 unspecified atom stereocenters. The maximum absolute atomic E-state index is 3.87. The molecule has 3 rings (SSSR count). The summed E-state index contributed by atoms with van der Waals surface area (Å²) >= 11 is 2.31. The van der Waals surface area contributed by atoms with Crippen molar-refractivity contribution in [2.45, 2.75) is 13.0 Å². The smallest absolute Gasteiger partial charge is 0.143 e. The average molecular weight is 391 g/mol. The van der Waals surface area contributed by atoms with E-state index in [9.17, 15) is 0 Å². The van der Waals surface area contributed by atoms with E-state index in [2.05, 4.69) is 74.6 Å².